The van der Waals surface area contributed by atoms with Gasteiger partial charge in [0.1, 0.15) is 0 Å². The minimum atomic E-state index is -0.826. The van der Waals surface area contributed by atoms with Crippen LogP contribution < -0.4 is 10.4 Å². The standard InChI is InChI=1S/2C33H31.C12H7Si.2ClH.Zr/c2*1-22(2)27-18-28(23(3)4)20-30(19-27)33-31(25-13-9-6-10-14-25)16-15-26-17-29(21-32(26)33)24-11-7-5-8-12-24;1-3-7-11-9(5-1)10-6-2-4-8-12(10)13-11;;;/h2*5-23H,1-4H3;1-7H;2*1H;/q3*-1;;;+2/p-2. The Hall–Kier alpha value is -6.90. The van der Waals surface area contributed by atoms with Gasteiger partial charge in [0.25, 0.3) is 0 Å². The maximum atomic E-state index is 4.93. The molecule has 12 aromatic rings. The van der Waals surface area contributed by atoms with Crippen LogP contribution in [0.25, 0.3) is 99.4 Å². The van der Waals surface area contributed by atoms with Gasteiger partial charge in [-0.05, 0) is 90.4 Å². The van der Waals surface area contributed by atoms with E-state index in [-0.39, 0.29) is 0 Å². The van der Waals surface area contributed by atoms with E-state index < -0.39 is 20.8 Å². The fourth-order valence-corrected chi connectivity index (χ4v) is 12.5. The molecule has 0 bridgehead atoms. The van der Waals surface area contributed by atoms with Crippen molar-refractivity contribution >= 4 is 58.5 Å². The van der Waals surface area contributed by atoms with Crippen LogP contribution in [0, 0.1) is 6.07 Å². The SMILES string of the molecule is CC(C)c1cc(-c2c(-c3ccccc3)ccc3[cH-]c(-c4ccccc4)cc23)cc(C(C)C)c1.CC(C)c1cc(-c2c(-c3ccccc3)ccc3[cH-]c(-c4ccccc4)cc23)cc(C(C)C)c1.[Cl][Zr][Cl].[c-]1cccc2c1[Si]c1ccccc1-2. The number of halogens is 2. The second kappa shape index (κ2) is 27.0. The number of hydrogen-bond acceptors (Lipinski definition) is 0. The molecule has 0 fully saturated rings. The summed E-state index contributed by atoms with van der Waals surface area (Å²) in [5, 5.41) is 8.06. The zero-order chi connectivity index (χ0) is 57.3. The van der Waals surface area contributed by atoms with Gasteiger partial charge in [-0.2, -0.15) is 29.5 Å². The number of benzene rings is 10. The van der Waals surface area contributed by atoms with Crippen molar-refractivity contribution in [2.75, 3.05) is 0 Å². The molecule has 13 rings (SSSR count). The zero-order valence-electron chi connectivity index (χ0n) is 48.2. The van der Waals surface area contributed by atoms with E-state index in [1.165, 1.54) is 132 Å². The van der Waals surface area contributed by atoms with Gasteiger partial charge in [0.2, 0.25) is 0 Å². The molecule has 0 unspecified atom stereocenters. The Kier molecular flexibility index (Phi) is 19.2. The van der Waals surface area contributed by atoms with Crippen molar-refractivity contribution in [2.45, 2.75) is 79.1 Å². The Morgan fingerprint density at radius 2 is 0.707 bits per heavy atom. The summed E-state index contributed by atoms with van der Waals surface area (Å²) in [6, 6.07) is 94.2. The average molecular weight is 1200 g/mol. The van der Waals surface area contributed by atoms with Gasteiger partial charge < -0.3 is 0 Å². The van der Waals surface area contributed by atoms with Crippen LogP contribution in [0.5, 0.6) is 0 Å². The van der Waals surface area contributed by atoms with Crippen LogP contribution in [0.3, 0.4) is 0 Å². The fourth-order valence-electron chi connectivity index (χ4n) is 11.2. The summed E-state index contributed by atoms with van der Waals surface area (Å²) >= 11 is -0.826. The molecule has 1 aliphatic heterocycles. The van der Waals surface area contributed by atoms with Crippen molar-refractivity contribution in [3.05, 3.63) is 277 Å². The average Bonchev–Trinajstić information content (AvgIpc) is 3.61. The van der Waals surface area contributed by atoms with Crippen LogP contribution in [0.2, 0.25) is 0 Å². The minimum absolute atomic E-state index is 0.487. The van der Waals surface area contributed by atoms with Crippen LogP contribution in [0.15, 0.2) is 249 Å². The largest absolute Gasteiger partial charge is 0.184 e. The van der Waals surface area contributed by atoms with Gasteiger partial charge in [0.15, 0.2) is 0 Å². The number of rotatable bonds is 10. The smallest absolute Gasteiger partial charge is 0.0920 e. The molecule has 0 aromatic heterocycles. The molecule has 0 N–H and O–H groups in total. The maximum absolute atomic E-state index is 4.93. The van der Waals surface area contributed by atoms with Gasteiger partial charge in [0.05, 0.1) is 9.52 Å². The Morgan fingerprint density at radius 3 is 1.10 bits per heavy atom. The van der Waals surface area contributed by atoms with Crippen LogP contribution in [0.1, 0.15) is 101 Å². The molecule has 0 nitrogen and oxygen atoms in total. The third-order valence-electron chi connectivity index (χ3n) is 15.7. The third kappa shape index (κ3) is 13.3. The summed E-state index contributed by atoms with van der Waals surface area (Å²) in [4.78, 5) is 0. The second-order valence-corrected chi connectivity index (χ2v) is 27.6. The van der Waals surface area contributed by atoms with Gasteiger partial charge in [0, 0.05) is 0 Å². The molecule has 1 aliphatic rings. The van der Waals surface area contributed by atoms with Crippen molar-refractivity contribution in [1.29, 1.82) is 0 Å². The van der Waals surface area contributed by atoms with E-state index in [0.29, 0.717) is 23.7 Å². The summed E-state index contributed by atoms with van der Waals surface area (Å²) in [5.41, 5.74) is 23.9. The molecule has 0 saturated carbocycles. The molecule has 0 amide bonds. The van der Waals surface area contributed by atoms with E-state index in [1.54, 1.807) is 0 Å². The summed E-state index contributed by atoms with van der Waals surface area (Å²) in [7, 11) is 10.7. The summed E-state index contributed by atoms with van der Waals surface area (Å²) < 4.78 is 0. The van der Waals surface area contributed by atoms with Crippen LogP contribution in [0.4, 0.5) is 0 Å². The molecule has 1 heterocycles. The predicted molar refractivity (Wildman–Crippen MR) is 355 cm³/mol. The van der Waals surface area contributed by atoms with Gasteiger partial charge >= 0.3 is 37.9 Å². The second-order valence-electron chi connectivity index (χ2n) is 22.5. The Balaban J connectivity index is 0.000000145. The van der Waals surface area contributed by atoms with Gasteiger partial charge in [-0.25, -0.2) is 0 Å². The first-order valence-electron chi connectivity index (χ1n) is 28.7. The minimum Gasteiger partial charge on any atom is -0.184 e. The van der Waals surface area contributed by atoms with Gasteiger partial charge in [-0.15, -0.1) is 74.6 Å². The van der Waals surface area contributed by atoms with Crippen molar-refractivity contribution in [3.63, 3.8) is 0 Å². The monoisotopic (exact) mass is 1190 g/mol. The molecule has 0 aliphatic carbocycles. The van der Waals surface area contributed by atoms with E-state index >= 15 is 0 Å². The Labute approximate surface area is 509 Å². The summed E-state index contributed by atoms with van der Waals surface area (Å²) in [5.74, 6) is 1.95. The van der Waals surface area contributed by atoms with Crippen LogP contribution in [-0.2, 0) is 20.8 Å². The van der Waals surface area contributed by atoms with E-state index in [4.69, 9.17) is 17.0 Å². The maximum Gasteiger partial charge on any atom is 0.0920 e. The zero-order valence-corrected chi connectivity index (χ0v) is 53.2. The number of fused-ring (bicyclic) bond motifs is 5. The normalized spacial score (nSPS) is 11.4. The molecule has 0 atom stereocenters. The van der Waals surface area contributed by atoms with Crippen LogP contribution in [-0.4, -0.2) is 9.52 Å². The van der Waals surface area contributed by atoms with E-state index in [0.717, 1.165) is 9.52 Å². The molecule has 0 saturated heterocycles. The molecule has 4 heteroatoms. The van der Waals surface area contributed by atoms with Crippen molar-refractivity contribution < 1.29 is 20.8 Å². The Morgan fingerprint density at radius 1 is 0.354 bits per heavy atom. The van der Waals surface area contributed by atoms with Crippen LogP contribution >= 0.6 is 17.0 Å². The van der Waals surface area contributed by atoms with Gasteiger partial charge in [-0.1, -0.05) is 271 Å². The predicted octanol–water partition coefficient (Wildman–Crippen LogP) is 22.1. The van der Waals surface area contributed by atoms with E-state index in [9.17, 15) is 0 Å². The molecule has 2 radical (unpaired) electrons. The first-order valence-corrected chi connectivity index (χ1v) is 36.0. The van der Waals surface area contributed by atoms with E-state index in [2.05, 4.69) is 304 Å². The fraction of sp³-hybridized carbons (Fsp3) is 0.154. The molecular formula is C78H69Cl2SiZr-3. The van der Waals surface area contributed by atoms with Crippen molar-refractivity contribution in [1.82, 2.24) is 0 Å². The first-order chi connectivity index (χ1) is 39.9. The Bertz CT molecular complexity index is 3740. The molecule has 406 valence electrons. The summed E-state index contributed by atoms with van der Waals surface area (Å²) in [6.45, 7) is 18.3. The molecular weight excluding hydrogens is 1130 g/mol. The molecule has 0 spiro atoms. The topological polar surface area (TPSA) is 0 Å². The number of hydrogen-bond donors (Lipinski definition) is 0. The van der Waals surface area contributed by atoms with Crippen molar-refractivity contribution in [3.8, 4) is 77.9 Å². The van der Waals surface area contributed by atoms with Crippen molar-refractivity contribution in [2.24, 2.45) is 0 Å². The van der Waals surface area contributed by atoms with E-state index in [1.807, 2.05) is 6.07 Å². The quantitative estimate of drug-likeness (QED) is 0.0946. The first kappa shape index (κ1) is 58.3. The molecule has 82 heavy (non-hydrogen) atoms. The summed E-state index contributed by atoms with van der Waals surface area (Å²) in [6.07, 6.45) is 0. The molecule has 12 aromatic carbocycles. The van der Waals surface area contributed by atoms with Gasteiger partial charge in [-0.3, -0.25) is 0 Å². The third-order valence-corrected chi connectivity index (χ3v) is 17.1.